The van der Waals surface area contributed by atoms with Crippen LogP contribution in [0.25, 0.3) is 0 Å². The third-order valence-corrected chi connectivity index (χ3v) is 2.95. The predicted octanol–water partition coefficient (Wildman–Crippen LogP) is -0.378. The van der Waals surface area contributed by atoms with Crippen molar-refractivity contribution in [1.82, 2.24) is 19.8 Å². The zero-order valence-corrected chi connectivity index (χ0v) is 11.2. The highest BCUT2D eigenvalue weighted by Crippen LogP contribution is 2.18. The molecule has 2 rings (SSSR count). The Hall–Kier alpha value is -2.16. The van der Waals surface area contributed by atoms with Crippen molar-refractivity contribution >= 4 is 11.7 Å². The number of ether oxygens (including phenoxy) is 1. The van der Waals surface area contributed by atoms with Gasteiger partial charge in [0.25, 0.3) is 0 Å². The third kappa shape index (κ3) is 3.44. The maximum Gasteiger partial charge on any atom is 0.414 e. The molecule has 0 fully saturated rings. The second kappa shape index (κ2) is 6.33. The molecule has 0 radical (unpaired) electrons. The number of rotatable bonds is 4. The zero-order valence-electron chi connectivity index (χ0n) is 11.2. The standard InChI is InChI=1S/C11H17N5O4/c1-2-12-10(17)8-14-3-4-15-7-9(16(18)19)13-11(15)20-6-5-14/h7H,2-6,8H2,1H3,(H,12,17). The lowest BCUT2D eigenvalue weighted by Crippen LogP contribution is -2.41. The van der Waals surface area contributed by atoms with Crippen LogP contribution in [0.3, 0.4) is 0 Å². The number of likely N-dealkylation sites (N-methyl/N-ethyl adjacent to an activating group) is 1. The summed E-state index contributed by atoms with van der Waals surface area (Å²) in [5.41, 5.74) is 0. The van der Waals surface area contributed by atoms with E-state index < -0.39 is 4.92 Å². The molecule has 0 aliphatic carbocycles. The molecule has 2 heterocycles. The van der Waals surface area contributed by atoms with Gasteiger partial charge in [0, 0.05) is 31.2 Å². The number of imidazole rings is 1. The molecule has 110 valence electrons. The first-order valence-corrected chi connectivity index (χ1v) is 6.43. The van der Waals surface area contributed by atoms with Gasteiger partial charge in [-0.1, -0.05) is 0 Å². The number of carbonyl (C=O) groups excluding carboxylic acids is 1. The number of carbonyl (C=O) groups is 1. The minimum Gasteiger partial charge on any atom is -0.444 e. The molecule has 9 nitrogen and oxygen atoms in total. The fourth-order valence-corrected chi connectivity index (χ4v) is 1.99. The molecule has 1 aromatic heterocycles. The van der Waals surface area contributed by atoms with Crippen molar-refractivity contribution in [3.63, 3.8) is 0 Å². The summed E-state index contributed by atoms with van der Waals surface area (Å²) >= 11 is 0. The molecule has 1 aromatic rings. The molecule has 0 aromatic carbocycles. The van der Waals surface area contributed by atoms with E-state index in [1.54, 1.807) is 4.57 Å². The lowest BCUT2D eigenvalue weighted by Gasteiger charge is -2.23. The average Bonchev–Trinajstić information content (AvgIpc) is 2.76. The highest BCUT2D eigenvalue weighted by molar-refractivity contribution is 5.77. The van der Waals surface area contributed by atoms with Crippen LogP contribution in [0.15, 0.2) is 6.20 Å². The molecule has 1 amide bonds. The topological polar surface area (TPSA) is 103 Å². The molecule has 20 heavy (non-hydrogen) atoms. The van der Waals surface area contributed by atoms with Gasteiger partial charge in [-0.05, 0) is 11.8 Å². The van der Waals surface area contributed by atoms with Crippen LogP contribution in [0.4, 0.5) is 5.82 Å². The van der Waals surface area contributed by atoms with Crippen molar-refractivity contribution in [2.75, 3.05) is 32.8 Å². The van der Waals surface area contributed by atoms with Gasteiger partial charge in [-0.2, -0.15) is 0 Å². The SMILES string of the molecule is CCNC(=O)CN1CCOc2nc([N+](=O)[O-])cn2CC1. The number of hydrogen-bond donors (Lipinski definition) is 1. The van der Waals surface area contributed by atoms with Crippen LogP contribution in [-0.2, 0) is 11.3 Å². The first kappa shape index (κ1) is 14.3. The Balaban J connectivity index is 1.99. The van der Waals surface area contributed by atoms with Crippen molar-refractivity contribution in [3.8, 4) is 6.01 Å². The summed E-state index contributed by atoms with van der Waals surface area (Å²) in [6.45, 7) is 4.79. The Kier molecular flexibility index (Phi) is 4.51. The van der Waals surface area contributed by atoms with Gasteiger partial charge in [0.2, 0.25) is 5.91 Å². The zero-order chi connectivity index (χ0) is 14.5. The molecule has 0 saturated carbocycles. The van der Waals surface area contributed by atoms with E-state index in [0.717, 1.165) is 0 Å². The highest BCUT2D eigenvalue weighted by Gasteiger charge is 2.23. The van der Waals surface area contributed by atoms with Crippen LogP contribution in [0.2, 0.25) is 0 Å². The van der Waals surface area contributed by atoms with Crippen LogP contribution >= 0.6 is 0 Å². The molecule has 0 atom stereocenters. The van der Waals surface area contributed by atoms with Gasteiger partial charge in [-0.25, -0.2) is 0 Å². The third-order valence-electron chi connectivity index (χ3n) is 2.95. The number of nitrogens with zero attached hydrogens (tertiary/aromatic N) is 4. The average molecular weight is 283 g/mol. The summed E-state index contributed by atoms with van der Waals surface area (Å²) < 4.78 is 7.00. The van der Waals surface area contributed by atoms with Crippen molar-refractivity contribution < 1.29 is 14.5 Å². The van der Waals surface area contributed by atoms with E-state index in [4.69, 9.17) is 4.74 Å². The summed E-state index contributed by atoms with van der Waals surface area (Å²) in [5.74, 6) is -0.262. The maximum atomic E-state index is 11.5. The molecule has 0 unspecified atom stereocenters. The molecule has 1 aliphatic heterocycles. The number of nitro groups is 1. The van der Waals surface area contributed by atoms with Crippen LogP contribution < -0.4 is 10.1 Å². The van der Waals surface area contributed by atoms with Crippen molar-refractivity contribution in [1.29, 1.82) is 0 Å². The minimum atomic E-state index is -0.548. The first-order valence-electron chi connectivity index (χ1n) is 6.43. The summed E-state index contributed by atoms with van der Waals surface area (Å²) in [5, 5.41) is 13.4. The van der Waals surface area contributed by atoms with Crippen LogP contribution in [0.5, 0.6) is 6.01 Å². The lowest BCUT2D eigenvalue weighted by molar-refractivity contribution is -0.389. The van der Waals surface area contributed by atoms with E-state index in [1.165, 1.54) is 6.20 Å². The Morgan fingerprint density at radius 1 is 1.55 bits per heavy atom. The summed E-state index contributed by atoms with van der Waals surface area (Å²) in [4.78, 5) is 27.4. The van der Waals surface area contributed by atoms with Crippen molar-refractivity contribution in [3.05, 3.63) is 16.3 Å². The van der Waals surface area contributed by atoms with Crippen LogP contribution in [0.1, 0.15) is 6.92 Å². The molecule has 1 N–H and O–H groups in total. The number of fused-ring (bicyclic) bond motifs is 1. The van der Waals surface area contributed by atoms with Crippen molar-refractivity contribution in [2.45, 2.75) is 13.5 Å². The van der Waals surface area contributed by atoms with E-state index >= 15 is 0 Å². The molecule has 0 saturated heterocycles. The van der Waals surface area contributed by atoms with E-state index in [1.807, 2.05) is 11.8 Å². The highest BCUT2D eigenvalue weighted by atomic mass is 16.6. The smallest absolute Gasteiger partial charge is 0.414 e. The fourth-order valence-electron chi connectivity index (χ4n) is 1.99. The molecule has 9 heteroatoms. The number of hydrogen-bond acceptors (Lipinski definition) is 6. The Morgan fingerprint density at radius 3 is 3.05 bits per heavy atom. The molecule has 1 aliphatic rings. The van der Waals surface area contributed by atoms with Gasteiger partial charge in [0.1, 0.15) is 12.8 Å². The van der Waals surface area contributed by atoms with E-state index in [0.29, 0.717) is 39.3 Å². The lowest BCUT2D eigenvalue weighted by atomic mass is 10.4. The van der Waals surface area contributed by atoms with Gasteiger partial charge < -0.3 is 20.2 Å². The van der Waals surface area contributed by atoms with Gasteiger partial charge in [-0.3, -0.25) is 14.3 Å². The fraction of sp³-hybridized carbons (Fsp3) is 0.636. The van der Waals surface area contributed by atoms with Gasteiger partial charge in [0.05, 0.1) is 6.54 Å². The van der Waals surface area contributed by atoms with Gasteiger partial charge >= 0.3 is 11.8 Å². The summed E-state index contributed by atoms with van der Waals surface area (Å²) in [6.07, 6.45) is 1.35. The van der Waals surface area contributed by atoms with Crippen LogP contribution in [0, 0.1) is 10.1 Å². The second-order valence-electron chi connectivity index (χ2n) is 4.41. The second-order valence-corrected chi connectivity index (χ2v) is 4.41. The predicted molar refractivity (Wildman–Crippen MR) is 69.5 cm³/mol. The quantitative estimate of drug-likeness (QED) is 0.597. The largest absolute Gasteiger partial charge is 0.444 e. The number of nitrogens with one attached hydrogen (secondary N) is 1. The Morgan fingerprint density at radius 2 is 2.35 bits per heavy atom. The monoisotopic (exact) mass is 283 g/mol. The van der Waals surface area contributed by atoms with Gasteiger partial charge in [-0.15, -0.1) is 0 Å². The molecular formula is C11H17N5O4. The Bertz CT molecular complexity index is 501. The van der Waals surface area contributed by atoms with E-state index in [9.17, 15) is 14.9 Å². The summed E-state index contributed by atoms with van der Waals surface area (Å²) in [7, 11) is 0. The van der Waals surface area contributed by atoms with E-state index in [2.05, 4.69) is 10.3 Å². The first-order chi connectivity index (χ1) is 9.60. The van der Waals surface area contributed by atoms with Crippen molar-refractivity contribution in [2.24, 2.45) is 0 Å². The minimum absolute atomic E-state index is 0.0371. The van der Waals surface area contributed by atoms with Crippen LogP contribution in [-0.4, -0.2) is 58.1 Å². The molecule has 0 spiro atoms. The normalized spacial score (nSPS) is 15.7. The Labute approximate surface area is 115 Å². The number of aromatic nitrogens is 2. The van der Waals surface area contributed by atoms with Gasteiger partial charge in [0.15, 0.2) is 0 Å². The molecular weight excluding hydrogens is 266 g/mol. The number of amides is 1. The molecule has 0 bridgehead atoms. The van der Waals surface area contributed by atoms with E-state index in [-0.39, 0.29) is 17.7 Å². The summed E-state index contributed by atoms with van der Waals surface area (Å²) in [6, 6.07) is 0.259. The maximum absolute atomic E-state index is 11.5.